The minimum absolute atomic E-state index is 0.281. The molecular formula is C13H15F2N. The third-order valence-electron chi connectivity index (χ3n) is 2.39. The summed E-state index contributed by atoms with van der Waals surface area (Å²) in [6, 6.07) is 3.77. The Kier molecular flexibility index (Phi) is 3.66. The van der Waals surface area contributed by atoms with Gasteiger partial charge < -0.3 is 0 Å². The lowest BCUT2D eigenvalue weighted by molar-refractivity contribution is 0.410. The molecule has 0 heterocycles. The Morgan fingerprint density at radius 3 is 2.56 bits per heavy atom. The zero-order valence-corrected chi connectivity index (χ0v) is 9.64. The highest BCUT2D eigenvalue weighted by molar-refractivity contribution is 5.23. The Hall–Kier alpha value is -1.40. The van der Waals surface area contributed by atoms with Crippen LogP contribution < -0.4 is 5.32 Å². The number of terminal acetylenes is 1. The van der Waals surface area contributed by atoms with Gasteiger partial charge in [0.05, 0.1) is 5.54 Å². The quantitative estimate of drug-likeness (QED) is 0.777. The van der Waals surface area contributed by atoms with Gasteiger partial charge in [0.25, 0.3) is 0 Å². The molecule has 0 fully saturated rings. The topological polar surface area (TPSA) is 12.0 Å². The molecule has 0 spiro atoms. The fourth-order valence-electron chi connectivity index (χ4n) is 1.52. The number of nitrogens with one attached hydrogen (secondary N) is 1. The van der Waals surface area contributed by atoms with E-state index in [1.165, 1.54) is 6.07 Å². The van der Waals surface area contributed by atoms with Gasteiger partial charge in [-0.05, 0) is 26.8 Å². The van der Waals surface area contributed by atoms with Crippen molar-refractivity contribution in [1.29, 1.82) is 0 Å². The summed E-state index contributed by atoms with van der Waals surface area (Å²) in [4.78, 5) is 0. The molecule has 1 atom stereocenters. The molecule has 1 rings (SSSR count). The van der Waals surface area contributed by atoms with Gasteiger partial charge in [0.15, 0.2) is 11.6 Å². The van der Waals surface area contributed by atoms with Gasteiger partial charge in [-0.1, -0.05) is 18.1 Å². The number of rotatable bonds is 3. The first-order valence-corrected chi connectivity index (χ1v) is 5.07. The Labute approximate surface area is 94.9 Å². The predicted octanol–water partition coefficient (Wildman–Crippen LogP) is 3.03. The molecule has 0 radical (unpaired) electrons. The van der Waals surface area contributed by atoms with Gasteiger partial charge in [0, 0.05) is 11.6 Å². The summed E-state index contributed by atoms with van der Waals surface area (Å²) in [6.07, 6.45) is 5.32. The van der Waals surface area contributed by atoms with Crippen LogP contribution in [0.2, 0.25) is 0 Å². The van der Waals surface area contributed by atoms with E-state index in [1.54, 1.807) is 26.8 Å². The third-order valence-corrected chi connectivity index (χ3v) is 2.39. The summed E-state index contributed by atoms with van der Waals surface area (Å²) in [5, 5.41) is 3.05. The second-order valence-electron chi connectivity index (χ2n) is 4.28. The van der Waals surface area contributed by atoms with Crippen molar-refractivity contribution in [3.8, 4) is 12.3 Å². The van der Waals surface area contributed by atoms with E-state index in [0.29, 0.717) is 0 Å². The molecule has 0 bridgehead atoms. The number of hydrogen-bond acceptors (Lipinski definition) is 1. The average Bonchev–Trinajstić information content (AvgIpc) is 2.21. The normalized spacial score (nSPS) is 13.2. The van der Waals surface area contributed by atoms with E-state index < -0.39 is 17.2 Å². The average molecular weight is 223 g/mol. The highest BCUT2D eigenvalue weighted by Crippen LogP contribution is 2.20. The van der Waals surface area contributed by atoms with Crippen molar-refractivity contribution in [3.05, 3.63) is 35.4 Å². The van der Waals surface area contributed by atoms with Gasteiger partial charge in [-0.3, -0.25) is 5.32 Å². The molecule has 86 valence electrons. The molecule has 1 unspecified atom stereocenters. The molecule has 0 aliphatic carbocycles. The maximum Gasteiger partial charge on any atom is 0.163 e. The third kappa shape index (κ3) is 2.80. The standard InChI is InChI=1S/C13H15F2N/c1-5-13(3,4)16-9(2)10-7-6-8-11(14)12(10)15/h1,6-9,16H,2-4H3. The van der Waals surface area contributed by atoms with Crippen LogP contribution in [-0.4, -0.2) is 5.54 Å². The van der Waals surface area contributed by atoms with Crippen LogP contribution in [0.1, 0.15) is 32.4 Å². The summed E-state index contributed by atoms with van der Waals surface area (Å²) < 4.78 is 26.5. The summed E-state index contributed by atoms with van der Waals surface area (Å²) in [7, 11) is 0. The van der Waals surface area contributed by atoms with Crippen LogP contribution in [0.25, 0.3) is 0 Å². The van der Waals surface area contributed by atoms with E-state index in [2.05, 4.69) is 11.2 Å². The maximum absolute atomic E-state index is 13.5. The smallest absolute Gasteiger partial charge is 0.163 e. The van der Waals surface area contributed by atoms with Crippen LogP contribution in [0.3, 0.4) is 0 Å². The van der Waals surface area contributed by atoms with E-state index in [1.807, 2.05) is 0 Å². The Morgan fingerprint density at radius 2 is 2.00 bits per heavy atom. The first-order chi connectivity index (χ1) is 7.37. The molecule has 1 nitrogen and oxygen atoms in total. The fraction of sp³-hybridized carbons (Fsp3) is 0.385. The van der Waals surface area contributed by atoms with Gasteiger partial charge in [-0.2, -0.15) is 0 Å². The first-order valence-electron chi connectivity index (χ1n) is 5.07. The lowest BCUT2D eigenvalue weighted by Gasteiger charge is -2.25. The van der Waals surface area contributed by atoms with Crippen LogP contribution in [0.5, 0.6) is 0 Å². The molecule has 3 heteroatoms. The molecule has 0 amide bonds. The second-order valence-corrected chi connectivity index (χ2v) is 4.28. The minimum Gasteiger partial charge on any atom is -0.295 e. The summed E-state index contributed by atoms with van der Waals surface area (Å²) >= 11 is 0. The van der Waals surface area contributed by atoms with E-state index in [-0.39, 0.29) is 11.6 Å². The largest absolute Gasteiger partial charge is 0.295 e. The van der Waals surface area contributed by atoms with Crippen molar-refractivity contribution >= 4 is 0 Å². The van der Waals surface area contributed by atoms with Crippen molar-refractivity contribution in [2.75, 3.05) is 0 Å². The van der Waals surface area contributed by atoms with Crippen LogP contribution >= 0.6 is 0 Å². The first kappa shape index (κ1) is 12.7. The molecule has 1 aromatic carbocycles. The molecule has 0 saturated heterocycles. The lowest BCUT2D eigenvalue weighted by atomic mass is 10.0. The van der Waals surface area contributed by atoms with Crippen molar-refractivity contribution < 1.29 is 8.78 Å². The minimum atomic E-state index is -0.843. The fourth-order valence-corrected chi connectivity index (χ4v) is 1.52. The zero-order chi connectivity index (χ0) is 12.3. The molecular weight excluding hydrogens is 208 g/mol. The number of hydrogen-bond donors (Lipinski definition) is 1. The van der Waals surface area contributed by atoms with E-state index >= 15 is 0 Å². The Morgan fingerprint density at radius 1 is 1.38 bits per heavy atom. The number of benzene rings is 1. The molecule has 0 saturated carbocycles. The van der Waals surface area contributed by atoms with Crippen molar-refractivity contribution in [2.24, 2.45) is 0 Å². The highest BCUT2D eigenvalue weighted by Gasteiger charge is 2.20. The van der Waals surface area contributed by atoms with E-state index in [4.69, 9.17) is 6.42 Å². The molecule has 0 aliphatic rings. The zero-order valence-electron chi connectivity index (χ0n) is 9.64. The molecule has 1 N–H and O–H groups in total. The Bertz CT molecular complexity index is 418. The van der Waals surface area contributed by atoms with Crippen molar-refractivity contribution in [2.45, 2.75) is 32.4 Å². The van der Waals surface area contributed by atoms with E-state index in [9.17, 15) is 8.78 Å². The molecule has 0 aromatic heterocycles. The summed E-state index contributed by atoms with van der Waals surface area (Å²) in [6.45, 7) is 5.36. The highest BCUT2D eigenvalue weighted by atomic mass is 19.2. The van der Waals surface area contributed by atoms with E-state index in [0.717, 1.165) is 6.07 Å². The van der Waals surface area contributed by atoms with Crippen LogP contribution in [0, 0.1) is 24.0 Å². The van der Waals surface area contributed by atoms with Gasteiger partial charge >= 0.3 is 0 Å². The monoisotopic (exact) mass is 223 g/mol. The second kappa shape index (κ2) is 4.63. The molecule has 1 aromatic rings. The predicted molar refractivity (Wildman–Crippen MR) is 60.8 cm³/mol. The van der Waals surface area contributed by atoms with Gasteiger partial charge in [0.1, 0.15) is 0 Å². The summed E-state index contributed by atoms with van der Waals surface area (Å²) in [5.74, 6) is 0.882. The lowest BCUT2D eigenvalue weighted by Crippen LogP contribution is -2.39. The van der Waals surface area contributed by atoms with Crippen molar-refractivity contribution in [1.82, 2.24) is 5.32 Å². The van der Waals surface area contributed by atoms with Gasteiger partial charge in [-0.25, -0.2) is 8.78 Å². The molecule has 16 heavy (non-hydrogen) atoms. The van der Waals surface area contributed by atoms with Crippen molar-refractivity contribution in [3.63, 3.8) is 0 Å². The van der Waals surface area contributed by atoms with Crippen LogP contribution in [0.4, 0.5) is 8.78 Å². The maximum atomic E-state index is 13.5. The SMILES string of the molecule is C#CC(C)(C)NC(C)c1cccc(F)c1F. The molecule has 0 aliphatic heterocycles. The van der Waals surface area contributed by atoms with Crippen LogP contribution in [-0.2, 0) is 0 Å². The van der Waals surface area contributed by atoms with Gasteiger partial charge in [0.2, 0.25) is 0 Å². The Balaban J connectivity index is 2.94. The summed E-state index contributed by atoms with van der Waals surface area (Å²) in [5.41, 5.74) is -0.277. The number of halogens is 2. The van der Waals surface area contributed by atoms with Crippen LogP contribution in [0.15, 0.2) is 18.2 Å². The van der Waals surface area contributed by atoms with Gasteiger partial charge in [-0.15, -0.1) is 6.42 Å².